The second kappa shape index (κ2) is 5.59. The van der Waals surface area contributed by atoms with Gasteiger partial charge in [0, 0.05) is 6.21 Å². The summed E-state index contributed by atoms with van der Waals surface area (Å²) in [6, 6.07) is 6.69. The summed E-state index contributed by atoms with van der Waals surface area (Å²) in [6.45, 7) is 0. The average Bonchev–Trinajstić information content (AvgIpc) is 3.19. The molecule has 0 radical (unpaired) electrons. The van der Waals surface area contributed by atoms with Crippen LogP contribution in [0.2, 0.25) is 0 Å². The number of rotatable bonds is 4. The van der Waals surface area contributed by atoms with Gasteiger partial charge in [0.25, 0.3) is 0 Å². The lowest BCUT2D eigenvalue weighted by Crippen LogP contribution is -2.43. The van der Waals surface area contributed by atoms with Gasteiger partial charge in [0.05, 0.1) is 11.2 Å². The summed E-state index contributed by atoms with van der Waals surface area (Å²) in [5, 5.41) is 2.07. The number of nitrogens with two attached hydrogens (primary N) is 1. The van der Waals surface area contributed by atoms with Crippen LogP contribution in [-0.4, -0.2) is 18.3 Å². The Kier molecular flexibility index (Phi) is 4.02. The first kappa shape index (κ1) is 15.1. The summed E-state index contributed by atoms with van der Waals surface area (Å²) in [7, 11) is 0. The van der Waals surface area contributed by atoms with Crippen molar-refractivity contribution in [3.05, 3.63) is 42.1 Å². The standard InChI is InChI=1S/C14H14F3N3O/c15-14(16,17)12(21)20-13(6-7-13)10-2-4-11(5-3-10)19-9-1-8-18/h1-5,8-9H,6-7,18H2,(H,20,21). The number of amides is 1. The first-order valence-electron chi connectivity index (χ1n) is 6.28. The predicted molar refractivity (Wildman–Crippen MR) is 73.0 cm³/mol. The first-order valence-corrected chi connectivity index (χ1v) is 6.28. The summed E-state index contributed by atoms with van der Waals surface area (Å²) in [5.41, 5.74) is 5.56. The van der Waals surface area contributed by atoms with Crippen LogP contribution in [0.3, 0.4) is 0 Å². The van der Waals surface area contributed by atoms with Crippen LogP contribution in [0.25, 0.3) is 0 Å². The predicted octanol–water partition coefficient (Wildman–Crippen LogP) is 2.53. The fraction of sp³-hybridized carbons (Fsp3) is 0.286. The van der Waals surface area contributed by atoms with Crippen LogP contribution in [0.1, 0.15) is 18.4 Å². The van der Waals surface area contributed by atoms with Gasteiger partial charge in [-0.25, -0.2) is 0 Å². The van der Waals surface area contributed by atoms with Gasteiger partial charge in [0.1, 0.15) is 0 Å². The Morgan fingerprint density at radius 2 is 1.90 bits per heavy atom. The Morgan fingerprint density at radius 1 is 1.29 bits per heavy atom. The van der Waals surface area contributed by atoms with Crippen LogP contribution < -0.4 is 11.1 Å². The lowest BCUT2D eigenvalue weighted by molar-refractivity contribution is -0.174. The second-order valence-electron chi connectivity index (χ2n) is 4.74. The number of carbonyl (C=O) groups is 1. The SMILES string of the molecule is NC=CC=Nc1ccc(C2(NC(=O)C(F)(F)F)CC2)cc1. The molecule has 7 heteroatoms. The molecule has 4 nitrogen and oxygen atoms in total. The summed E-state index contributed by atoms with van der Waals surface area (Å²) >= 11 is 0. The minimum Gasteiger partial charge on any atom is -0.405 e. The van der Waals surface area contributed by atoms with Gasteiger partial charge in [-0.1, -0.05) is 12.1 Å². The summed E-state index contributed by atoms with van der Waals surface area (Å²) in [4.78, 5) is 15.1. The highest BCUT2D eigenvalue weighted by atomic mass is 19.4. The van der Waals surface area contributed by atoms with Gasteiger partial charge in [-0.2, -0.15) is 13.2 Å². The van der Waals surface area contributed by atoms with Crippen molar-refractivity contribution < 1.29 is 18.0 Å². The van der Waals surface area contributed by atoms with Crippen molar-refractivity contribution >= 4 is 17.8 Å². The number of carbonyl (C=O) groups excluding carboxylic acids is 1. The van der Waals surface area contributed by atoms with Gasteiger partial charge in [-0.05, 0) is 42.8 Å². The van der Waals surface area contributed by atoms with E-state index in [1.54, 1.807) is 30.3 Å². The van der Waals surface area contributed by atoms with Crippen molar-refractivity contribution in [2.75, 3.05) is 0 Å². The largest absolute Gasteiger partial charge is 0.471 e. The highest BCUT2D eigenvalue weighted by Gasteiger charge is 2.50. The molecule has 21 heavy (non-hydrogen) atoms. The molecular formula is C14H14F3N3O. The molecule has 2 rings (SSSR count). The lowest BCUT2D eigenvalue weighted by Gasteiger charge is -2.19. The van der Waals surface area contributed by atoms with Gasteiger partial charge in [0.2, 0.25) is 0 Å². The van der Waals surface area contributed by atoms with E-state index in [1.165, 1.54) is 12.4 Å². The number of hydrogen-bond acceptors (Lipinski definition) is 3. The number of benzene rings is 1. The Balaban J connectivity index is 2.10. The van der Waals surface area contributed by atoms with Crippen molar-refractivity contribution in [1.82, 2.24) is 5.32 Å². The third-order valence-electron chi connectivity index (χ3n) is 3.20. The van der Waals surface area contributed by atoms with Gasteiger partial charge < -0.3 is 11.1 Å². The molecule has 1 amide bonds. The molecule has 0 bridgehead atoms. The Hall–Kier alpha value is -2.31. The highest BCUT2D eigenvalue weighted by molar-refractivity contribution is 5.83. The molecule has 0 saturated heterocycles. The minimum atomic E-state index is -4.87. The smallest absolute Gasteiger partial charge is 0.405 e. The van der Waals surface area contributed by atoms with Crippen LogP contribution in [0.5, 0.6) is 0 Å². The Bertz CT molecular complexity index is 572. The fourth-order valence-electron chi connectivity index (χ4n) is 1.94. The molecule has 1 aromatic rings. The molecule has 1 aliphatic rings. The van der Waals surface area contributed by atoms with Gasteiger partial charge in [-0.15, -0.1) is 0 Å². The van der Waals surface area contributed by atoms with E-state index in [-0.39, 0.29) is 0 Å². The van der Waals surface area contributed by atoms with Crippen LogP contribution in [0.4, 0.5) is 18.9 Å². The zero-order chi connectivity index (χ0) is 15.5. The number of allylic oxidation sites excluding steroid dienone is 1. The molecule has 3 N–H and O–H groups in total. The normalized spacial score (nSPS) is 17.3. The maximum absolute atomic E-state index is 12.3. The number of hydrogen-bond donors (Lipinski definition) is 2. The number of nitrogens with zero attached hydrogens (tertiary/aromatic N) is 1. The minimum absolute atomic E-state index is 0.493. The lowest BCUT2D eigenvalue weighted by atomic mass is 10.0. The van der Waals surface area contributed by atoms with E-state index in [2.05, 4.69) is 10.3 Å². The zero-order valence-electron chi connectivity index (χ0n) is 11.0. The molecule has 112 valence electrons. The molecule has 0 aliphatic heterocycles. The fourth-order valence-corrected chi connectivity index (χ4v) is 1.94. The van der Waals surface area contributed by atoms with E-state index in [4.69, 9.17) is 5.73 Å². The van der Waals surface area contributed by atoms with Gasteiger partial charge in [0.15, 0.2) is 0 Å². The molecule has 0 spiro atoms. The Morgan fingerprint density at radius 3 is 2.38 bits per heavy atom. The van der Waals surface area contributed by atoms with Crippen LogP contribution in [0.15, 0.2) is 41.5 Å². The van der Waals surface area contributed by atoms with Crippen molar-refractivity contribution in [2.45, 2.75) is 24.6 Å². The van der Waals surface area contributed by atoms with E-state index in [0.717, 1.165) is 0 Å². The zero-order valence-corrected chi connectivity index (χ0v) is 11.0. The van der Waals surface area contributed by atoms with E-state index in [1.807, 2.05) is 0 Å². The van der Waals surface area contributed by atoms with Crippen molar-refractivity contribution in [3.8, 4) is 0 Å². The maximum atomic E-state index is 12.3. The quantitative estimate of drug-likeness (QED) is 0.839. The van der Waals surface area contributed by atoms with Crippen LogP contribution >= 0.6 is 0 Å². The third kappa shape index (κ3) is 3.62. The molecule has 0 aromatic heterocycles. The summed E-state index contributed by atoms with van der Waals surface area (Å²) < 4.78 is 36.9. The number of halogens is 3. The molecule has 0 unspecified atom stereocenters. The monoisotopic (exact) mass is 297 g/mol. The Labute approximate surface area is 119 Å². The molecule has 0 atom stereocenters. The highest BCUT2D eigenvalue weighted by Crippen LogP contribution is 2.46. The molecular weight excluding hydrogens is 283 g/mol. The maximum Gasteiger partial charge on any atom is 0.471 e. The van der Waals surface area contributed by atoms with Crippen molar-refractivity contribution in [2.24, 2.45) is 10.7 Å². The van der Waals surface area contributed by atoms with E-state index >= 15 is 0 Å². The molecule has 1 saturated carbocycles. The molecule has 1 aromatic carbocycles. The number of alkyl halides is 3. The second-order valence-corrected chi connectivity index (χ2v) is 4.74. The molecule has 1 aliphatic carbocycles. The van der Waals surface area contributed by atoms with Gasteiger partial charge >= 0.3 is 12.1 Å². The van der Waals surface area contributed by atoms with Gasteiger partial charge in [-0.3, -0.25) is 9.79 Å². The van der Waals surface area contributed by atoms with E-state index < -0.39 is 17.6 Å². The summed E-state index contributed by atoms with van der Waals surface area (Å²) in [5.74, 6) is -1.91. The summed E-state index contributed by atoms with van der Waals surface area (Å²) in [6.07, 6.45) is 0.520. The number of nitrogens with one attached hydrogen (secondary N) is 1. The van der Waals surface area contributed by atoms with Crippen LogP contribution in [0, 0.1) is 0 Å². The van der Waals surface area contributed by atoms with E-state index in [0.29, 0.717) is 24.1 Å². The van der Waals surface area contributed by atoms with Crippen molar-refractivity contribution in [3.63, 3.8) is 0 Å². The molecule has 1 fully saturated rings. The first-order chi connectivity index (χ1) is 9.87. The van der Waals surface area contributed by atoms with E-state index in [9.17, 15) is 18.0 Å². The van der Waals surface area contributed by atoms with Crippen LogP contribution in [-0.2, 0) is 10.3 Å². The van der Waals surface area contributed by atoms with Crippen molar-refractivity contribution in [1.29, 1.82) is 0 Å². The molecule has 0 heterocycles. The third-order valence-corrected chi connectivity index (χ3v) is 3.20. The number of aliphatic imine (C=N–C) groups is 1. The average molecular weight is 297 g/mol. The topological polar surface area (TPSA) is 67.5 Å².